The average Bonchev–Trinajstić information content (AvgIpc) is 2.80. The smallest absolute Gasteiger partial charge is 0.248 e. The van der Waals surface area contributed by atoms with E-state index < -0.39 is 0 Å². The quantitative estimate of drug-likeness (QED) is 0.911. The van der Waals surface area contributed by atoms with Crippen LogP contribution in [0.25, 0.3) is 0 Å². The molecule has 2 aromatic rings. The summed E-state index contributed by atoms with van der Waals surface area (Å²) in [5.74, 6) is -0.102. The molecule has 0 aliphatic heterocycles. The first-order chi connectivity index (χ1) is 10.8. The van der Waals surface area contributed by atoms with Crippen molar-refractivity contribution in [3.8, 4) is 0 Å². The Morgan fingerprint density at radius 3 is 2.61 bits per heavy atom. The molecule has 124 valence electrons. The third-order valence-corrected chi connectivity index (χ3v) is 3.96. The van der Waals surface area contributed by atoms with Crippen LogP contribution in [0.3, 0.4) is 0 Å². The Kier molecular flexibility index (Phi) is 5.44. The first-order valence-corrected chi connectivity index (χ1v) is 7.92. The van der Waals surface area contributed by atoms with Crippen molar-refractivity contribution in [2.75, 3.05) is 19.4 Å². The van der Waals surface area contributed by atoms with Crippen molar-refractivity contribution in [2.24, 2.45) is 0 Å². The van der Waals surface area contributed by atoms with Crippen molar-refractivity contribution in [3.05, 3.63) is 46.2 Å². The van der Waals surface area contributed by atoms with Gasteiger partial charge in [0.05, 0.1) is 5.69 Å². The predicted octanol–water partition coefficient (Wildman–Crippen LogP) is 3.41. The maximum atomic E-state index is 12.5. The SMILES string of the molecule is Cc1cc(C)n([C@H](C)C(=O)Nc2ccc(Cl)c(CN(C)C)c2)n1. The number of aromatic nitrogens is 2. The summed E-state index contributed by atoms with van der Waals surface area (Å²) in [4.78, 5) is 14.5. The summed E-state index contributed by atoms with van der Waals surface area (Å²) in [6.45, 7) is 6.42. The van der Waals surface area contributed by atoms with Crippen LogP contribution in [0.2, 0.25) is 5.02 Å². The van der Waals surface area contributed by atoms with Gasteiger partial charge in [-0.05, 0) is 64.7 Å². The Bertz CT molecular complexity index is 709. The lowest BCUT2D eigenvalue weighted by atomic mass is 10.2. The molecule has 0 saturated carbocycles. The summed E-state index contributed by atoms with van der Waals surface area (Å²) in [6, 6.07) is 7.11. The van der Waals surface area contributed by atoms with E-state index in [1.54, 1.807) is 4.68 Å². The topological polar surface area (TPSA) is 50.2 Å². The Balaban J connectivity index is 2.15. The predicted molar refractivity (Wildman–Crippen MR) is 93.9 cm³/mol. The minimum Gasteiger partial charge on any atom is -0.324 e. The molecule has 5 nitrogen and oxygen atoms in total. The van der Waals surface area contributed by atoms with Crippen LogP contribution in [-0.4, -0.2) is 34.7 Å². The fraction of sp³-hybridized carbons (Fsp3) is 0.412. The van der Waals surface area contributed by atoms with Crippen molar-refractivity contribution in [2.45, 2.75) is 33.4 Å². The van der Waals surface area contributed by atoms with E-state index in [1.165, 1.54) is 0 Å². The highest BCUT2D eigenvalue weighted by atomic mass is 35.5. The third-order valence-electron chi connectivity index (χ3n) is 3.59. The Labute approximate surface area is 142 Å². The molecule has 1 aromatic carbocycles. The maximum Gasteiger partial charge on any atom is 0.248 e. The van der Waals surface area contributed by atoms with E-state index in [1.807, 2.05) is 64.0 Å². The van der Waals surface area contributed by atoms with Crippen LogP contribution in [0.15, 0.2) is 24.3 Å². The van der Waals surface area contributed by atoms with Crippen molar-refractivity contribution in [1.82, 2.24) is 14.7 Å². The number of carbonyl (C=O) groups is 1. The lowest BCUT2D eigenvalue weighted by Crippen LogP contribution is -2.25. The molecule has 2 rings (SSSR count). The number of rotatable bonds is 5. The number of benzene rings is 1. The zero-order valence-electron chi connectivity index (χ0n) is 14.2. The minimum atomic E-state index is -0.378. The summed E-state index contributed by atoms with van der Waals surface area (Å²) in [5.41, 5.74) is 3.59. The fourth-order valence-electron chi connectivity index (χ4n) is 2.51. The second-order valence-corrected chi connectivity index (χ2v) is 6.49. The van der Waals surface area contributed by atoms with Crippen LogP contribution in [0.4, 0.5) is 5.69 Å². The molecule has 1 aromatic heterocycles. The Hall–Kier alpha value is -1.85. The van der Waals surface area contributed by atoms with Gasteiger partial charge in [-0.1, -0.05) is 11.6 Å². The monoisotopic (exact) mass is 334 g/mol. The normalized spacial score (nSPS) is 12.5. The summed E-state index contributed by atoms with van der Waals surface area (Å²) in [5, 5.41) is 8.01. The molecule has 0 radical (unpaired) electrons. The number of nitrogens with one attached hydrogen (secondary N) is 1. The highest BCUT2D eigenvalue weighted by molar-refractivity contribution is 6.31. The summed E-state index contributed by atoms with van der Waals surface area (Å²) in [6.07, 6.45) is 0. The number of nitrogens with zero attached hydrogens (tertiary/aromatic N) is 3. The van der Waals surface area contributed by atoms with E-state index in [4.69, 9.17) is 11.6 Å². The second-order valence-electron chi connectivity index (χ2n) is 6.08. The molecule has 23 heavy (non-hydrogen) atoms. The highest BCUT2D eigenvalue weighted by Crippen LogP contribution is 2.22. The van der Waals surface area contributed by atoms with E-state index in [0.29, 0.717) is 5.02 Å². The lowest BCUT2D eigenvalue weighted by molar-refractivity contribution is -0.119. The second kappa shape index (κ2) is 7.15. The van der Waals surface area contributed by atoms with Gasteiger partial charge in [-0.15, -0.1) is 0 Å². The third kappa shape index (κ3) is 4.33. The summed E-state index contributed by atoms with van der Waals surface area (Å²) in [7, 11) is 3.96. The number of carbonyl (C=O) groups excluding carboxylic acids is 1. The first-order valence-electron chi connectivity index (χ1n) is 7.54. The largest absolute Gasteiger partial charge is 0.324 e. The van der Waals surface area contributed by atoms with Gasteiger partial charge < -0.3 is 10.2 Å². The van der Waals surface area contributed by atoms with Gasteiger partial charge in [-0.3, -0.25) is 9.48 Å². The van der Waals surface area contributed by atoms with Gasteiger partial charge in [0.1, 0.15) is 6.04 Å². The van der Waals surface area contributed by atoms with Crippen molar-refractivity contribution in [1.29, 1.82) is 0 Å². The van der Waals surface area contributed by atoms with Gasteiger partial charge in [0.25, 0.3) is 0 Å². The molecule has 0 saturated heterocycles. The van der Waals surface area contributed by atoms with Crippen LogP contribution in [0, 0.1) is 13.8 Å². The zero-order chi connectivity index (χ0) is 17.1. The van der Waals surface area contributed by atoms with E-state index >= 15 is 0 Å². The van der Waals surface area contributed by atoms with Crippen molar-refractivity contribution in [3.63, 3.8) is 0 Å². The van der Waals surface area contributed by atoms with Gasteiger partial charge in [0.2, 0.25) is 5.91 Å². The molecule has 1 heterocycles. The number of amides is 1. The number of halogens is 1. The minimum absolute atomic E-state index is 0.102. The molecule has 0 aliphatic rings. The molecular weight excluding hydrogens is 312 g/mol. The Morgan fingerprint density at radius 2 is 2.04 bits per heavy atom. The molecule has 0 fully saturated rings. The van der Waals surface area contributed by atoms with Gasteiger partial charge in [-0.2, -0.15) is 5.10 Å². The van der Waals surface area contributed by atoms with Gasteiger partial charge in [-0.25, -0.2) is 0 Å². The van der Waals surface area contributed by atoms with Crippen LogP contribution in [0.1, 0.15) is 29.9 Å². The fourth-order valence-corrected chi connectivity index (χ4v) is 2.69. The molecule has 0 spiro atoms. The van der Waals surface area contributed by atoms with E-state index in [9.17, 15) is 4.79 Å². The van der Waals surface area contributed by atoms with E-state index in [2.05, 4.69) is 10.4 Å². The summed E-state index contributed by atoms with van der Waals surface area (Å²) >= 11 is 6.21. The van der Waals surface area contributed by atoms with E-state index in [-0.39, 0.29) is 11.9 Å². The van der Waals surface area contributed by atoms with Crippen molar-refractivity contribution < 1.29 is 4.79 Å². The molecule has 0 aliphatic carbocycles. The van der Waals surface area contributed by atoms with Gasteiger partial charge >= 0.3 is 0 Å². The van der Waals surface area contributed by atoms with Gasteiger partial charge in [0, 0.05) is 22.9 Å². The van der Waals surface area contributed by atoms with Crippen LogP contribution in [-0.2, 0) is 11.3 Å². The molecule has 0 bridgehead atoms. The number of aryl methyl sites for hydroxylation is 2. The Morgan fingerprint density at radius 1 is 1.35 bits per heavy atom. The molecule has 1 atom stereocenters. The molecule has 1 amide bonds. The van der Waals surface area contributed by atoms with Crippen LogP contribution >= 0.6 is 11.6 Å². The van der Waals surface area contributed by atoms with E-state index in [0.717, 1.165) is 29.2 Å². The molecule has 6 heteroatoms. The number of anilines is 1. The number of hydrogen-bond donors (Lipinski definition) is 1. The zero-order valence-corrected chi connectivity index (χ0v) is 15.0. The van der Waals surface area contributed by atoms with Crippen LogP contribution in [0.5, 0.6) is 0 Å². The average molecular weight is 335 g/mol. The standard InChI is InChI=1S/C17H23ClN4O/c1-11-8-12(2)22(20-11)13(3)17(23)19-15-6-7-16(18)14(9-15)10-21(4)5/h6-9,13H,10H2,1-5H3,(H,19,23)/t13-/m1/s1. The maximum absolute atomic E-state index is 12.5. The summed E-state index contributed by atoms with van der Waals surface area (Å²) < 4.78 is 1.74. The molecule has 1 N–H and O–H groups in total. The lowest BCUT2D eigenvalue weighted by Gasteiger charge is -2.16. The van der Waals surface area contributed by atoms with Crippen LogP contribution < -0.4 is 5.32 Å². The molecule has 0 unspecified atom stereocenters. The van der Waals surface area contributed by atoms with Crippen molar-refractivity contribution >= 4 is 23.2 Å². The molecular formula is C17H23ClN4O. The van der Waals surface area contributed by atoms with Gasteiger partial charge in [0.15, 0.2) is 0 Å². The highest BCUT2D eigenvalue weighted by Gasteiger charge is 2.18. The first kappa shape index (κ1) is 17.5. The number of hydrogen-bond acceptors (Lipinski definition) is 3.